The molecule has 1 N–H and O–H groups in total. The Kier molecular flexibility index (Phi) is 6.05. The first-order valence-electron chi connectivity index (χ1n) is 8.25. The van der Waals surface area contributed by atoms with Crippen LogP contribution in [0, 0.1) is 5.92 Å². The van der Waals surface area contributed by atoms with Gasteiger partial charge < -0.3 is 10.2 Å². The molecule has 1 fully saturated rings. The van der Waals surface area contributed by atoms with Crippen molar-refractivity contribution in [3.05, 3.63) is 28.8 Å². The van der Waals surface area contributed by atoms with E-state index in [9.17, 15) is 9.59 Å². The highest BCUT2D eigenvalue weighted by molar-refractivity contribution is 6.33. The maximum absolute atomic E-state index is 12.4. The van der Waals surface area contributed by atoms with Gasteiger partial charge in [0.05, 0.1) is 10.7 Å². The Hall–Kier alpha value is -1.55. The second-order valence-electron chi connectivity index (χ2n) is 6.61. The monoisotopic (exact) mass is 336 g/mol. The van der Waals surface area contributed by atoms with E-state index in [0.717, 1.165) is 12.8 Å². The van der Waals surface area contributed by atoms with Gasteiger partial charge in [0.15, 0.2) is 0 Å². The average molecular weight is 337 g/mol. The Labute approximate surface area is 143 Å². The van der Waals surface area contributed by atoms with Gasteiger partial charge in [0.25, 0.3) is 5.91 Å². The van der Waals surface area contributed by atoms with Crippen LogP contribution in [0.2, 0.25) is 5.02 Å². The van der Waals surface area contributed by atoms with Crippen LogP contribution in [0.5, 0.6) is 0 Å². The summed E-state index contributed by atoms with van der Waals surface area (Å²) in [5, 5.41) is 3.31. The van der Waals surface area contributed by atoms with E-state index in [4.69, 9.17) is 11.6 Å². The molecule has 0 spiro atoms. The summed E-state index contributed by atoms with van der Waals surface area (Å²) in [5.41, 5.74) is 1.04. The molecule has 126 valence electrons. The maximum atomic E-state index is 12.4. The molecule has 23 heavy (non-hydrogen) atoms. The molecule has 1 aromatic carbocycles. The van der Waals surface area contributed by atoms with Crippen LogP contribution in [-0.2, 0) is 4.79 Å². The zero-order valence-corrected chi connectivity index (χ0v) is 14.8. The summed E-state index contributed by atoms with van der Waals surface area (Å²) in [6.07, 6.45) is 5.20. The molecule has 0 atom stereocenters. The molecular weight excluding hydrogens is 312 g/mol. The number of hydrogen-bond acceptors (Lipinski definition) is 2. The molecule has 2 amide bonds. The fraction of sp³-hybridized carbons (Fsp3) is 0.556. The van der Waals surface area contributed by atoms with Gasteiger partial charge >= 0.3 is 0 Å². The molecule has 2 rings (SSSR count). The smallest absolute Gasteiger partial charge is 0.253 e. The minimum absolute atomic E-state index is 0.0272. The van der Waals surface area contributed by atoms with E-state index in [1.165, 1.54) is 12.8 Å². The SMILES string of the molecule is CC(C)N(C)C(=O)c1ccc(Cl)c(NC(=O)CC2CCCC2)c1. The molecule has 0 saturated heterocycles. The summed E-state index contributed by atoms with van der Waals surface area (Å²) in [6, 6.07) is 5.12. The highest BCUT2D eigenvalue weighted by Gasteiger charge is 2.20. The van der Waals surface area contributed by atoms with Crippen LogP contribution in [0.15, 0.2) is 18.2 Å². The van der Waals surface area contributed by atoms with Crippen LogP contribution in [0.4, 0.5) is 5.69 Å². The van der Waals surface area contributed by atoms with E-state index in [1.54, 1.807) is 30.1 Å². The molecule has 1 aliphatic rings. The molecular formula is C18H25ClN2O2. The van der Waals surface area contributed by atoms with Crippen molar-refractivity contribution >= 4 is 29.1 Å². The quantitative estimate of drug-likeness (QED) is 0.869. The Morgan fingerprint density at radius 1 is 1.30 bits per heavy atom. The number of hydrogen-bond donors (Lipinski definition) is 1. The first-order valence-corrected chi connectivity index (χ1v) is 8.63. The molecule has 1 saturated carbocycles. The van der Waals surface area contributed by atoms with Crippen molar-refractivity contribution in [1.82, 2.24) is 4.90 Å². The molecule has 0 aliphatic heterocycles. The number of anilines is 1. The molecule has 1 aromatic rings. The van der Waals surface area contributed by atoms with Gasteiger partial charge in [0.2, 0.25) is 5.91 Å². The lowest BCUT2D eigenvalue weighted by molar-refractivity contribution is -0.117. The molecule has 0 aromatic heterocycles. The normalized spacial score (nSPS) is 15.0. The molecule has 1 aliphatic carbocycles. The van der Waals surface area contributed by atoms with E-state index < -0.39 is 0 Å². The zero-order chi connectivity index (χ0) is 17.0. The Balaban J connectivity index is 2.07. The number of benzene rings is 1. The number of amides is 2. The summed E-state index contributed by atoms with van der Waals surface area (Å²) in [4.78, 5) is 26.2. The number of carbonyl (C=O) groups excluding carboxylic acids is 2. The van der Waals surface area contributed by atoms with Crippen LogP contribution >= 0.6 is 11.6 Å². The van der Waals surface area contributed by atoms with Gasteiger partial charge in [-0.2, -0.15) is 0 Å². The van der Waals surface area contributed by atoms with Crippen molar-refractivity contribution in [2.75, 3.05) is 12.4 Å². The predicted octanol–water partition coefficient (Wildman–Crippen LogP) is 4.34. The molecule has 5 heteroatoms. The third kappa shape index (κ3) is 4.71. The number of rotatable bonds is 5. The highest BCUT2D eigenvalue weighted by atomic mass is 35.5. The van der Waals surface area contributed by atoms with Crippen molar-refractivity contribution in [2.24, 2.45) is 5.92 Å². The lowest BCUT2D eigenvalue weighted by Crippen LogP contribution is -2.33. The molecule has 0 radical (unpaired) electrons. The minimum atomic E-state index is -0.0806. The van der Waals surface area contributed by atoms with Crippen LogP contribution in [0.1, 0.15) is 56.3 Å². The minimum Gasteiger partial charge on any atom is -0.339 e. The van der Waals surface area contributed by atoms with Crippen LogP contribution in [0.25, 0.3) is 0 Å². The predicted molar refractivity (Wildman–Crippen MR) is 93.9 cm³/mol. The molecule has 0 heterocycles. The fourth-order valence-electron chi connectivity index (χ4n) is 2.87. The van der Waals surface area contributed by atoms with Gasteiger partial charge in [-0.05, 0) is 50.8 Å². The number of carbonyl (C=O) groups is 2. The van der Waals surface area contributed by atoms with Gasteiger partial charge in [0.1, 0.15) is 0 Å². The first-order chi connectivity index (χ1) is 10.9. The average Bonchev–Trinajstić information content (AvgIpc) is 3.00. The Morgan fingerprint density at radius 3 is 2.57 bits per heavy atom. The van der Waals surface area contributed by atoms with E-state index in [-0.39, 0.29) is 17.9 Å². The standard InChI is InChI=1S/C18H25ClN2O2/c1-12(2)21(3)18(23)14-8-9-15(19)16(11-14)20-17(22)10-13-6-4-5-7-13/h8-9,11-13H,4-7,10H2,1-3H3,(H,20,22). The second-order valence-corrected chi connectivity index (χ2v) is 7.01. The first kappa shape index (κ1) is 17.8. The zero-order valence-electron chi connectivity index (χ0n) is 14.1. The number of halogens is 1. The largest absolute Gasteiger partial charge is 0.339 e. The Bertz CT molecular complexity index is 580. The summed E-state index contributed by atoms with van der Waals surface area (Å²) < 4.78 is 0. The second kappa shape index (κ2) is 7.82. The van der Waals surface area contributed by atoms with Gasteiger partial charge in [-0.25, -0.2) is 0 Å². The Morgan fingerprint density at radius 2 is 1.96 bits per heavy atom. The van der Waals surface area contributed by atoms with Crippen LogP contribution in [-0.4, -0.2) is 29.8 Å². The summed E-state index contributed by atoms with van der Waals surface area (Å²) in [7, 11) is 1.76. The summed E-state index contributed by atoms with van der Waals surface area (Å²) in [6.45, 7) is 3.91. The summed E-state index contributed by atoms with van der Waals surface area (Å²) in [5.74, 6) is 0.370. The van der Waals surface area contributed by atoms with Gasteiger partial charge in [-0.15, -0.1) is 0 Å². The van der Waals surface area contributed by atoms with Crippen molar-refractivity contribution in [3.63, 3.8) is 0 Å². The van der Waals surface area contributed by atoms with E-state index in [0.29, 0.717) is 28.6 Å². The summed E-state index contributed by atoms with van der Waals surface area (Å²) >= 11 is 6.16. The number of nitrogens with one attached hydrogen (secondary N) is 1. The third-order valence-electron chi connectivity index (χ3n) is 4.53. The maximum Gasteiger partial charge on any atom is 0.253 e. The van der Waals surface area contributed by atoms with Gasteiger partial charge in [0, 0.05) is 25.1 Å². The van der Waals surface area contributed by atoms with Crippen molar-refractivity contribution < 1.29 is 9.59 Å². The fourth-order valence-corrected chi connectivity index (χ4v) is 3.03. The van der Waals surface area contributed by atoms with Crippen LogP contribution in [0.3, 0.4) is 0 Å². The van der Waals surface area contributed by atoms with Crippen molar-refractivity contribution in [2.45, 2.75) is 52.0 Å². The van der Waals surface area contributed by atoms with Gasteiger partial charge in [-0.3, -0.25) is 9.59 Å². The van der Waals surface area contributed by atoms with Gasteiger partial charge in [-0.1, -0.05) is 24.4 Å². The van der Waals surface area contributed by atoms with Crippen molar-refractivity contribution in [3.8, 4) is 0 Å². The molecule has 0 unspecified atom stereocenters. The lowest BCUT2D eigenvalue weighted by atomic mass is 10.0. The topological polar surface area (TPSA) is 49.4 Å². The third-order valence-corrected chi connectivity index (χ3v) is 4.86. The highest BCUT2D eigenvalue weighted by Crippen LogP contribution is 2.29. The van der Waals surface area contributed by atoms with E-state index in [2.05, 4.69) is 5.32 Å². The number of nitrogens with zero attached hydrogens (tertiary/aromatic N) is 1. The van der Waals surface area contributed by atoms with E-state index in [1.807, 2.05) is 13.8 Å². The molecule has 4 nitrogen and oxygen atoms in total. The van der Waals surface area contributed by atoms with Crippen LogP contribution < -0.4 is 5.32 Å². The van der Waals surface area contributed by atoms with E-state index >= 15 is 0 Å². The van der Waals surface area contributed by atoms with Crippen molar-refractivity contribution in [1.29, 1.82) is 0 Å². The lowest BCUT2D eigenvalue weighted by Gasteiger charge is -2.22. The molecule has 0 bridgehead atoms.